The van der Waals surface area contributed by atoms with E-state index in [1.54, 1.807) is 29.2 Å². The number of hydrogen-bond donors (Lipinski definition) is 1. The van der Waals surface area contributed by atoms with Crippen LogP contribution >= 0.6 is 27.5 Å². The molecule has 0 saturated heterocycles. The van der Waals surface area contributed by atoms with Crippen LogP contribution in [0.15, 0.2) is 59.3 Å². The van der Waals surface area contributed by atoms with Gasteiger partial charge in [0.2, 0.25) is 5.95 Å². The fourth-order valence-electron chi connectivity index (χ4n) is 2.04. The summed E-state index contributed by atoms with van der Waals surface area (Å²) in [6.07, 6.45) is 1.57. The minimum atomic E-state index is -0.353. The van der Waals surface area contributed by atoms with Crippen molar-refractivity contribution < 1.29 is 4.79 Å². The van der Waals surface area contributed by atoms with Gasteiger partial charge in [-0.25, -0.2) is 9.67 Å². The average molecular weight is 392 g/mol. The number of nitrogens with one attached hydrogen (secondary N) is 1. The molecule has 0 spiro atoms. The zero-order valence-corrected chi connectivity index (χ0v) is 14.3. The van der Waals surface area contributed by atoms with Crippen LogP contribution in [0.1, 0.15) is 15.9 Å². The summed E-state index contributed by atoms with van der Waals surface area (Å²) in [5, 5.41) is 7.26. The Hall–Kier alpha value is -2.18. The number of anilines is 1. The average Bonchev–Trinajstić information content (AvgIpc) is 2.97. The van der Waals surface area contributed by atoms with Crippen molar-refractivity contribution in [3.8, 4) is 0 Å². The molecular weight excluding hydrogens is 380 g/mol. The highest BCUT2D eigenvalue weighted by Gasteiger charge is 2.13. The van der Waals surface area contributed by atoms with E-state index in [0.29, 0.717) is 17.1 Å². The normalized spacial score (nSPS) is 10.5. The monoisotopic (exact) mass is 390 g/mol. The Morgan fingerprint density at radius 3 is 2.78 bits per heavy atom. The predicted octanol–water partition coefficient (Wildman–Crippen LogP) is 3.99. The molecule has 0 aliphatic carbocycles. The van der Waals surface area contributed by atoms with Gasteiger partial charge in [-0.1, -0.05) is 57.9 Å². The Labute approximate surface area is 146 Å². The quantitative estimate of drug-likeness (QED) is 0.731. The minimum absolute atomic E-state index is 0.238. The van der Waals surface area contributed by atoms with Gasteiger partial charge in [0.05, 0.1) is 17.1 Å². The highest BCUT2D eigenvalue weighted by Crippen LogP contribution is 2.21. The van der Waals surface area contributed by atoms with Gasteiger partial charge in [-0.05, 0) is 23.8 Å². The predicted molar refractivity (Wildman–Crippen MR) is 92.7 cm³/mol. The first kappa shape index (κ1) is 15.7. The summed E-state index contributed by atoms with van der Waals surface area (Å²) in [7, 11) is 0. The number of rotatable bonds is 4. The molecule has 1 N–H and O–H groups in total. The van der Waals surface area contributed by atoms with E-state index in [-0.39, 0.29) is 11.9 Å². The first-order chi connectivity index (χ1) is 11.1. The fourth-order valence-corrected chi connectivity index (χ4v) is 2.60. The standard InChI is InChI=1S/C16H12BrClN4O/c17-12-6-7-14(18)13(8-12)15(23)20-16-19-10-22(21-16)9-11-4-2-1-3-5-11/h1-8,10H,9H2,(H,20,21,23). The lowest BCUT2D eigenvalue weighted by molar-refractivity contribution is 0.102. The van der Waals surface area contributed by atoms with Crippen LogP contribution in [0, 0.1) is 0 Å². The number of amides is 1. The lowest BCUT2D eigenvalue weighted by Gasteiger charge is -2.04. The van der Waals surface area contributed by atoms with Crippen molar-refractivity contribution in [1.29, 1.82) is 0 Å². The minimum Gasteiger partial charge on any atom is -0.289 e. The van der Waals surface area contributed by atoms with Crippen LogP contribution in [0.2, 0.25) is 5.02 Å². The third-order valence-electron chi connectivity index (χ3n) is 3.12. The first-order valence-electron chi connectivity index (χ1n) is 6.81. The number of nitrogens with zero attached hydrogens (tertiary/aromatic N) is 3. The molecule has 0 atom stereocenters. The van der Waals surface area contributed by atoms with Gasteiger partial charge in [0.1, 0.15) is 6.33 Å². The van der Waals surface area contributed by atoms with Gasteiger partial charge >= 0.3 is 0 Å². The number of benzene rings is 2. The highest BCUT2D eigenvalue weighted by atomic mass is 79.9. The molecule has 2 aromatic carbocycles. The van der Waals surface area contributed by atoms with Crippen molar-refractivity contribution in [3.05, 3.63) is 75.5 Å². The Kier molecular flexibility index (Phi) is 4.73. The van der Waals surface area contributed by atoms with E-state index in [1.807, 2.05) is 30.3 Å². The molecule has 3 rings (SSSR count). The molecule has 116 valence electrons. The molecule has 23 heavy (non-hydrogen) atoms. The summed E-state index contributed by atoms with van der Waals surface area (Å²) in [5.41, 5.74) is 1.46. The molecule has 7 heteroatoms. The summed E-state index contributed by atoms with van der Waals surface area (Å²) in [6.45, 7) is 0.585. The summed E-state index contributed by atoms with van der Waals surface area (Å²) >= 11 is 9.36. The molecule has 0 aliphatic heterocycles. The van der Waals surface area contributed by atoms with Crippen LogP contribution in [0.5, 0.6) is 0 Å². The van der Waals surface area contributed by atoms with E-state index in [1.165, 1.54) is 0 Å². The van der Waals surface area contributed by atoms with Gasteiger partial charge in [-0.2, -0.15) is 0 Å². The zero-order chi connectivity index (χ0) is 16.2. The Balaban J connectivity index is 1.71. The van der Waals surface area contributed by atoms with Crippen molar-refractivity contribution in [2.75, 3.05) is 5.32 Å². The molecule has 0 aliphatic rings. The van der Waals surface area contributed by atoms with Gasteiger partial charge in [-0.15, -0.1) is 5.10 Å². The van der Waals surface area contributed by atoms with Crippen molar-refractivity contribution >= 4 is 39.4 Å². The second-order valence-corrected chi connectivity index (χ2v) is 6.15. The molecule has 3 aromatic rings. The van der Waals surface area contributed by atoms with Crippen molar-refractivity contribution in [2.45, 2.75) is 6.54 Å². The summed E-state index contributed by atoms with van der Waals surface area (Å²) < 4.78 is 2.43. The number of hydrogen-bond acceptors (Lipinski definition) is 3. The van der Waals surface area contributed by atoms with Crippen molar-refractivity contribution in [3.63, 3.8) is 0 Å². The van der Waals surface area contributed by atoms with Crippen LogP contribution in [-0.2, 0) is 6.54 Å². The summed E-state index contributed by atoms with van der Waals surface area (Å²) in [4.78, 5) is 16.3. The Bertz CT molecular complexity index is 835. The lowest BCUT2D eigenvalue weighted by atomic mass is 10.2. The van der Waals surface area contributed by atoms with Gasteiger partial charge in [0.15, 0.2) is 0 Å². The lowest BCUT2D eigenvalue weighted by Crippen LogP contribution is -2.14. The van der Waals surface area contributed by atoms with E-state index in [9.17, 15) is 4.79 Å². The smallest absolute Gasteiger partial charge is 0.259 e. The van der Waals surface area contributed by atoms with Crippen molar-refractivity contribution in [2.24, 2.45) is 0 Å². The summed E-state index contributed by atoms with van der Waals surface area (Å²) in [6, 6.07) is 15.0. The first-order valence-corrected chi connectivity index (χ1v) is 7.99. The molecule has 0 saturated carbocycles. The molecule has 1 amide bonds. The maximum Gasteiger partial charge on any atom is 0.259 e. The van der Waals surface area contributed by atoms with E-state index in [0.717, 1.165) is 10.0 Å². The van der Waals surface area contributed by atoms with E-state index < -0.39 is 0 Å². The maximum atomic E-state index is 12.2. The van der Waals surface area contributed by atoms with Gasteiger partial charge in [0.25, 0.3) is 5.91 Å². The Morgan fingerprint density at radius 1 is 1.22 bits per heavy atom. The molecule has 5 nitrogen and oxygen atoms in total. The Morgan fingerprint density at radius 2 is 2.00 bits per heavy atom. The van der Waals surface area contributed by atoms with Crippen LogP contribution in [0.3, 0.4) is 0 Å². The zero-order valence-electron chi connectivity index (χ0n) is 11.9. The topological polar surface area (TPSA) is 59.8 Å². The molecule has 0 fully saturated rings. The third kappa shape index (κ3) is 3.97. The SMILES string of the molecule is O=C(Nc1ncn(Cc2ccccc2)n1)c1cc(Br)ccc1Cl. The van der Waals surface area contributed by atoms with Crippen LogP contribution in [-0.4, -0.2) is 20.7 Å². The molecule has 1 heterocycles. The van der Waals surface area contributed by atoms with Crippen LogP contribution in [0.25, 0.3) is 0 Å². The molecule has 0 bridgehead atoms. The third-order valence-corrected chi connectivity index (χ3v) is 3.95. The fraction of sp³-hybridized carbons (Fsp3) is 0.0625. The van der Waals surface area contributed by atoms with Gasteiger partial charge < -0.3 is 0 Å². The van der Waals surface area contributed by atoms with Gasteiger partial charge in [-0.3, -0.25) is 10.1 Å². The second-order valence-electron chi connectivity index (χ2n) is 4.83. The largest absolute Gasteiger partial charge is 0.289 e. The van der Waals surface area contributed by atoms with E-state index in [2.05, 4.69) is 31.3 Å². The molecule has 0 unspecified atom stereocenters. The van der Waals surface area contributed by atoms with Crippen LogP contribution < -0.4 is 5.32 Å². The number of aromatic nitrogens is 3. The van der Waals surface area contributed by atoms with Crippen LogP contribution in [0.4, 0.5) is 5.95 Å². The van der Waals surface area contributed by atoms with Crippen molar-refractivity contribution in [1.82, 2.24) is 14.8 Å². The van der Waals surface area contributed by atoms with E-state index >= 15 is 0 Å². The van der Waals surface area contributed by atoms with Gasteiger partial charge in [0, 0.05) is 4.47 Å². The molecule has 0 radical (unpaired) electrons. The molecule has 1 aromatic heterocycles. The second kappa shape index (κ2) is 6.93. The number of carbonyl (C=O) groups is 1. The maximum absolute atomic E-state index is 12.2. The molecular formula is C16H12BrClN4O. The summed E-state index contributed by atoms with van der Waals surface area (Å²) in [5.74, 6) is -0.115. The highest BCUT2D eigenvalue weighted by molar-refractivity contribution is 9.10. The number of halogens is 2. The van der Waals surface area contributed by atoms with E-state index in [4.69, 9.17) is 11.6 Å². The number of carbonyl (C=O) groups excluding carboxylic acids is 1.